The molecule has 0 spiro atoms. The molecule has 0 saturated carbocycles. The van der Waals surface area contributed by atoms with E-state index in [2.05, 4.69) is 10.3 Å². The normalized spacial score (nSPS) is 16.3. The van der Waals surface area contributed by atoms with E-state index in [4.69, 9.17) is 0 Å². The average Bonchev–Trinajstić information content (AvgIpc) is 2.52. The van der Waals surface area contributed by atoms with Crippen LogP contribution in [0.1, 0.15) is 0 Å². The molecule has 62 valence electrons. The van der Waals surface area contributed by atoms with E-state index in [0.717, 1.165) is 16.7 Å². The van der Waals surface area contributed by atoms with Gasteiger partial charge in [0.15, 0.2) is 0 Å². The Labute approximate surface area is 74.4 Å². The molecule has 0 aromatic heterocycles. The van der Waals surface area contributed by atoms with Crippen LogP contribution >= 0.6 is 23.5 Å². The molecule has 0 atom stereocenters. The van der Waals surface area contributed by atoms with Crippen molar-refractivity contribution in [3.05, 3.63) is 0 Å². The van der Waals surface area contributed by atoms with Gasteiger partial charge in [-0.2, -0.15) is 0 Å². The van der Waals surface area contributed by atoms with Crippen LogP contribution in [0.3, 0.4) is 0 Å². The van der Waals surface area contributed by atoms with Gasteiger partial charge < -0.3 is 5.32 Å². The lowest BCUT2D eigenvalue weighted by Gasteiger charge is -1.97. The molecule has 11 heavy (non-hydrogen) atoms. The van der Waals surface area contributed by atoms with Crippen LogP contribution in [0.4, 0.5) is 0 Å². The number of amides is 1. The van der Waals surface area contributed by atoms with Gasteiger partial charge >= 0.3 is 0 Å². The van der Waals surface area contributed by atoms with E-state index in [9.17, 15) is 4.79 Å². The minimum absolute atomic E-state index is 0.0604. The summed E-state index contributed by atoms with van der Waals surface area (Å²) in [5.74, 6) is 1.61. The molecular weight excluding hydrogens is 180 g/mol. The molecule has 0 bridgehead atoms. The molecule has 3 nitrogen and oxygen atoms in total. The van der Waals surface area contributed by atoms with Crippen molar-refractivity contribution < 1.29 is 4.79 Å². The molecule has 0 aliphatic carbocycles. The highest BCUT2D eigenvalue weighted by Crippen LogP contribution is 2.21. The van der Waals surface area contributed by atoms with Crippen molar-refractivity contribution in [1.29, 1.82) is 0 Å². The fourth-order valence-electron chi connectivity index (χ4n) is 0.602. The number of hydrogen-bond acceptors (Lipinski definition) is 4. The average molecular weight is 190 g/mol. The molecule has 0 aromatic carbocycles. The first-order valence-corrected chi connectivity index (χ1v) is 5.30. The zero-order chi connectivity index (χ0) is 8.10. The van der Waals surface area contributed by atoms with Crippen molar-refractivity contribution in [3.8, 4) is 0 Å². The van der Waals surface area contributed by atoms with Crippen LogP contribution in [0.25, 0.3) is 0 Å². The van der Waals surface area contributed by atoms with Crippen LogP contribution < -0.4 is 5.32 Å². The quantitative estimate of drug-likeness (QED) is 0.692. The van der Waals surface area contributed by atoms with Crippen LogP contribution in [-0.2, 0) is 4.79 Å². The summed E-state index contributed by atoms with van der Waals surface area (Å²) in [6.07, 6.45) is 0. The van der Waals surface area contributed by atoms with Crippen LogP contribution in [0.2, 0.25) is 0 Å². The first-order valence-electron chi connectivity index (χ1n) is 3.33. The summed E-state index contributed by atoms with van der Waals surface area (Å²) in [6, 6.07) is 0. The van der Waals surface area contributed by atoms with Gasteiger partial charge in [0.05, 0.1) is 12.3 Å². The van der Waals surface area contributed by atoms with Gasteiger partial charge in [-0.3, -0.25) is 9.79 Å². The fourth-order valence-corrected chi connectivity index (χ4v) is 2.48. The van der Waals surface area contributed by atoms with Gasteiger partial charge in [-0.1, -0.05) is 23.5 Å². The highest BCUT2D eigenvalue weighted by atomic mass is 32.2. The topological polar surface area (TPSA) is 41.5 Å². The third-order valence-electron chi connectivity index (χ3n) is 1.16. The van der Waals surface area contributed by atoms with Crippen LogP contribution in [0.15, 0.2) is 4.99 Å². The summed E-state index contributed by atoms with van der Waals surface area (Å²) in [6.45, 7) is 0.904. The Morgan fingerprint density at radius 1 is 1.91 bits per heavy atom. The van der Waals surface area contributed by atoms with E-state index in [1.54, 1.807) is 18.8 Å². The van der Waals surface area contributed by atoms with E-state index in [1.807, 2.05) is 0 Å². The van der Waals surface area contributed by atoms with Crippen molar-refractivity contribution in [1.82, 2.24) is 5.32 Å². The van der Waals surface area contributed by atoms with Gasteiger partial charge in [0.2, 0.25) is 5.91 Å². The first kappa shape index (κ1) is 8.93. The number of carbonyl (C=O) groups is 1. The van der Waals surface area contributed by atoms with Crippen molar-refractivity contribution in [3.63, 3.8) is 0 Å². The van der Waals surface area contributed by atoms with E-state index in [0.29, 0.717) is 5.75 Å². The highest BCUT2D eigenvalue weighted by molar-refractivity contribution is 8.39. The Bertz CT molecular complexity index is 181. The molecule has 0 unspecified atom stereocenters. The molecule has 1 aliphatic heterocycles. The fraction of sp³-hybridized carbons (Fsp3) is 0.667. The lowest BCUT2D eigenvalue weighted by molar-refractivity contribution is -0.118. The molecule has 0 fully saturated rings. The zero-order valence-electron chi connectivity index (χ0n) is 6.29. The monoisotopic (exact) mass is 190 g/mol. The van der Waals surface area contributed by atoms with Gasteiger partial charge in [-0.05, 0) is 0 Å². The standard InChI is InChI=1S/C6H10N2OS2/c1-7-5(9)4-11-6-8-2-3-10-6/h2-4H2,1H3,(H,7,9). The van der Waals surface area contributed by atoms with Gasteiger partial charge in [-0.25, -0.2) is 0 Å². The van der Waals surface area contributed by atoms with E-state index in [-0.39, 0.29) is 5.91 Å². The Morgan fingerprint density at radius 3 is 3.27 bits per heavy atom. The predicted molar refractivity (Wildman–Crippen MR) is 51.3 cm³/mol. The predicted octanol–water partition coefficient (Wildman–Crippen LogP) is 0.568. The lowest BCUT2D eigenvalue weighted by Crippen LogP contribution is -2.20. The van der Waals surface area contributed by atoms with Crippen molar-refractivity contribution in [2.75, 3.05) is 25.1 Å². The van der Waals surface area contributed by atoms with Crippen LogP contribution in [-0.4, -0.2) is 35.4 Å². The molecular formula is C6H10N2OS2. The second-order valence-electron chi connectivity index (χ2n) is 1.96. The Balaban J connectivity index is 2.16. The SMILES string of the molecule is CNC(=O)CSC1=NCCS1. The number of nitrogens with one attached hydrogen (secondary N) is 1. The molecule has 5 heteroatoms. The van der Waals surface area contributed by atoms with E-state index in [1.165, 1.54) is 11.8 Å². The number of aliphatic imine (C=N–C) groups is 1. The Morgan fingerprint density at radius 2 is 2.73 bits per heavy atom. The summed E-state index contributed by atoms with van der Waals surface area (Å²) >= 11 is 3.25. The molecule has 0 radical (unpaired) electrons. The molecule has 0 aromatic rings. The molecule has 1 N–H and O–H groups in total. The van der Waals surface area contributed by atoms with Crippen molar-refractivity contribution in [2.24, 2.45) is 4.99 Å². The molecule has 1 heterocycles. The van der Waals surface area contributed by atoms with Gasteiger partial charge in [-0.15, -0.1) is 0 Å². The minimum Gasteiger partial charge on any atom is -0.358 e. The third-order valence-corrected chi connectivity index (χ3v) is 3.42. The van der Waals surface area contributed by atoms with Crippen LogP contribution in [0.5, 0.6) is 0 Å². The van der Waals surface area contributed by atoms with Crippen molar-refractivity contribution >= 4 is 33.8 Å². The Hall–Kier alpha value is -0.160. The van der Waals surface area contributed by atoms with Crippen LogP contribution in [0, 0.1) is 0 Å². The van der Waals surface area contributed by atoms with Crippen molar-refractivity contribution in [2.45, 2.75) is 0 Å². The molecule has 1 aliphatic rings. The van der Waals surface area contributed by atoms with E-state index < -0.39 is 0 Å². The second-order valence-corrected chi connectivity index (χ2v) is 4.26. The van der Waals surface area contributed by atoms with Gasteiger partial charge in [0.25, 0.3) is 0 Å². The number of hydrogen-bond donors (Lipinski definition) is 1. The number of rotatable bonds is 2. The summed E-state index contributed by atoms with van der Waals surface area (Å²) in [4.78, 5) is 15.0. The van der Waals surface area contributed by atoms with Gasteiger partial charge in [0, 0.05) is 12.8 Å². The highest BCUT2D eigenvalue weighted by Gasteiger charge is 2.08. The Kier molecular flexibility index (Phi) is 3.79. The lowest BCUT2D eigenvalue weighted by atomic mass is 10.7. The second kappa shape index (κ2) is 4.66. The molecule has 1 rings (SSSR count). The third kappa shape index (κ3) is 3.16. The number of thioether (sulfide) groups is 2. The minimum atomic E-state index is 0.0604. The number of carbonyl (C=O) groups excluding carboxylic acids is 1. The van der Waals surface area contributed by atoms with Gasteiger partial charge in [0.1, 0.15) is 4.38 Å². The number of nitrogens with zero attached hydrogens (tertiary/aromatic N) is 1. The summed E-state index contributed by atoms with van der Waals surface area (Å²) in [5, 5.41) is 2.56. The maximum atomic E-state index is 10.8. The smallest absolute Gasteiger partial charge is 0.230 e. The molecule has 0 saturated heterocycles. The maximum absolute atomic E-state index is 10.8. The first-order chi connectivity index (χ1) is 5.33. The van der Waals surface area contributed by atoms with E-state index >= 15 is 0 Å². The molecule has 1 amide bonds. The summed E-state index contributed by atoms with van der Waals surface area (Å²) < 4.78 is 1.05. The zero-order valence-corrected chi connectivity index (χ0v) is 7.93. The maximum Gasteiger partial charge on any atom is 0.230 e. The summed E-state index contributed by atoms with van der Waals surface area (Å²) in [5.41, 5.74) is 0. The summed E-state index contributed by atoms with van der Waals surface area (Å²) in [7, 11) is 1.65. The largest absolute Gasteiger partial charge is 0.358 e.